The molecule has 228 valence electrons. The van der Waals surface area contributed by atoms with Gasteiger partial charge in [-0.15, -0.1) is 10.2 Å². The minimum atomic E-state index is -3.54. The van der Waals surface area contributed by atoms with Crippen LogP contribution in [0.25, 0.3) is 0 Å². The molecule has 5 aromatic rings. The van der Waals surface area contributed by atoms with Crippen LogP contribution in [0.1, 0.15) is 22.5 Å². The van der Waals surface area contributed by atoms with Crippen molar-refractivity contribution in [3.8, 4) is 17.2 Å². The van der Waals surface area contributed by atoms with E-state index in [9.17, 15) is 21.6 Å². The zero-order valence-corrected chi connectivity index (χ0v) is 24.4. The number of halogens is 3. The first-order valence-corrected chi connectivity index (χ1v) is 15.1. The maximum atomic E-state index is 14.7. The monoisotopic (exact) mass is 624 g/mol. The van der Waals surface area contributed by atoms with Crippen molar-refractivity contribution in [2.75, 3.05) is 15.9 Å². The van der Waals surface area contributed by atoms with Gasteiger partial charge in [0.25, 0.3) is 0 Å². The van der Waals surface area contributed by atoms with Crippen molar-refractivity contribution in [2.45, 2.75) is 26.6 Å². The number of tetrazole rings is 1. The zero-order valence-electron chi connectivity index (χ0n) is 23.6. The lowest BCUT2D eigenvalue weighted by molar-refractivity contribution is 0.279. The Morgan fingerprint density at radius 1 is 0.909 bits per heavy atom. The third-order valence-electron chi connectivity index (χ3n) is 6.50. The van der Waals surface area contributed by atoms with Crippen LogP contribution in [-0.2, 0) is 29.7 Å². The van der Waals surface area contributed by atoms with Gasteiger partial charge in [0.15, 0.2) is 18.2 Å². The first-order chi connectivity index (χ1) is 21.0. The molecule has 0 aliphatic heterocycles. The number of hydrogen-bond donors (Lipinski definition) is 2. The molecule has 44 heavy (non-hydrogen) atoms. The van der Waals surface area contributed by atoms with Gasteiger partial charge in [0, 0.05) is 36.5 Å². The van der Waals surface area contributed by atoms with Gasteiger partial charge in [-0.05, 0) is 60.5 Å². The van der Waals surface area contributed by atoms with Crippen LogP contribution < -0.4 is 19.1 Å². The van der Waals surface area contributed by atoms with Gasteiger partial charge >= 0.3 is 0 Å². The van der Waals surface area contributed by atoms with Crippen molar-refractivity contribution < 1.29 is 31.1 Å². The highest BCUT2D eigenvalue weighted by atomic mass is 32.2. The summed E-state index contributed by atoms with van der Waals surface area (Å²) >= 11 is 0. The van der Waals surface area contributed by atoms with Crippen molar-refractivity contribution in [3.05, 3.63) is 119 Å². The predicted octanol–water partition coefficient (Wildman–Crippen LogP) is 5.88. The summed E-state index contributed by atoms with van der Waals surface area (Å²) in [4.78, 5) is 1.86. The summed E-state index contributed by atoms with van der Waals surface area (Å²) in [6, 6.07) is 19.7. The Bertz CT molecular complexity index is 1860. The maximum absolute atomic E-state index is 14.7. The van der Waals surface area contributed by atoms with Crippen molar-refractivity contribution in [1.29, 1.82) is 0 Å². The Hall–Kier alpha value is -5.11. The second kappa shape index (κ2) is 13.0. The quantitative estimate of drug-likeness (QED) is 0.177. The van der Waals surface area contributed by atoms with E-state index in [1.165, 1.54) is 30.3 Å². The summed E-state index contributed by atoms with van der Waals surface area (Å²) in [7, 11) is -3.54. The molecule has 2 N–H and O–H groups in total. The summed E-state index contributed by atoms with van der Waals surface area (Å²) in [5.41, 5.74) is 2.76. The van der Waals surface area contributed by atoms with Gasteiger partial charge in [-0.2, -0.15) is 5.21 Å². The summed E-state index contributed by atoms with van der Waals surface area (Å²) in [6.07, 6.45) is 1.06. The van der Waals surface area contributed by atoms with Gasteiger partial charge in [0.2, 0.25) is 15.8 Å². The first kappa shape index (κ1) is 30.4. The number of ether oxygens (including phenoxy) is 2. The fraction of sp³-hybridized carbons (Fsp3) is 0.167. The number of nitrogens with zero attached hydrogens (tertiary/aromatic N) is 4. The van der Waals surface area contributed by atoms with Crippen LogP contribution >= 0.6 is 0 Å². The van der Waals surface area contributed by atoms with Crippen LogP contribution in [0.2, 0.25) is 0 Å². The average Bonchev–Trinajstić information content (AvgIpc) is 3.50. The third kappa shape index (κ3) is 7.83. The molecular formula is C30H27F3N6O4S. The van der Waals surface area contributed by atoms with E-state index in [0.29, 0.717) is 35.0 Å². The van der Waals surface area contributed by atoms with Gasteiger partial charge in [-0.1, -0.05) is 29.5 Å². The Labute approximate surface area is 251 Å². The van der Waals surface area contributed by atoms with E-state index in [0.717, 1.165) is 17.9 Å². The van der Waals surface area contributed by atoms with E-state index in [4.69, 9.17) is 9.47 Å². The van der Waals surface area contributed by atoms with Gasteiger partial charge in [0.05, 0.1) is 11.9 Å². The van der Waals surface area contributed by atoms with E-state index in [-0.39, 0.29) is 30.3 Å². The molecule has 10 nitrogen and oxygen atoms in total. The molecule has 0 amide bonds. The molecule has 4 aromatic carbocycles. The fourth-order valence-electron chi connectivity index (χ4n) is 4.42. The minimum absolute atomic E-state index is 0.0458. The Morgan fingerprint density at radius 3 is 2.39 bits per heavy atom. The number of sulfonamides is 1. The number of aromatic amines is 1. The molecule has 1 aromatic heterocycles. The number of H-pyrrole nitrogens is 1. The number of hydrogen-bond acceptors (Lipinski definition) is 8. The SMILES string of the molecule is Cc1c(NS(C)(=O)=O)cccc1N(Cc1ccc(Oc2ccc(F)c(OCc3nn[nH]n3)c2)cc1)Cc1ccc(F)cc1F. The molecule has 0 bridgehead atoms. The topological polar surface area (TPSA) is 122 Å². The van der Waals surface area contributed by atoms with E-state index in [1.54, 1.807) is 37.3 Å². The largest absolute Gasteiger partial charge is 0.482 e. The summed E-state index contributed by atoms with van der Waals surface area (Å²) in [5, 5.41) is 13.2. The summed E-state index contributed by atoms with van der Waals surface area (Å²) < 4.78 is 80.2. The number of anilines is 2. The minimum Gasteiger partial charge on any atom is -0.482 e. The van der Waals surface area contributed by atoms with Crippen LogP contribution in [0.3, 0.4) is 0 Å². The van der Waals surface area contributed by atoms with Crippen molar-refractivity contribution in [2.24, 2.45) is 0 Å². The highest BCUT2D eigenvalue weighted by Crippen LogP contribution is 2.32. The van der Waals surface area contributed by atoms with Crippen molar-refractivity contribution in [3.63, 3.8) is 0 Å². The molecule has 0 saturated heterocycles. The van der Waals surface area contributed by atoms with E-state index < -0.39 is 27.5 Å². The van der Waals surface area contributed by atoms with Crippen LogP contribution in [0, 0.1) is 24.4 Å². The molecule has 0 aliphatic rings. The highest BCUT2D eigenvalue weighted by molar-refractivity contribution is 7.92. The van der Waals surface area contributed by atoms with E-state index in [1.807, 2.05) is 17.0 Å². The normalized spacial score (nSPS) is 11.3. The lowest BCUT2D eigenvalue weighted by Crippen LogP contribution is -2.24. The molecule has 0 fully saturated rings. The lowest BCUT2D eigenvalue weighted by atomic mass is 10.1. The van der Waals surface area contributed by atoms with Gasteiger partial charge in [-0.25, -0.2) is 21.6 Å². The molecule has 14 heteroatoms. The first-order valence-electron chi connectivity index (χ1n) is 13.2. The van der Waals surface area contributed by atoms with Crippen LogP contribution in [0.5, 0.6) is 17.2 Å². The van der Waals surface area contributed by atoms with Crippen molar-refractivity contribution in [1.82, 2.24) is 20.6 Å². The maximum Gasteiger partial charge on any atom is 0.229 e. The number of benzene rings is 4. The van der Waals surface area contributed by atoms with E-state index >= 15 is 0 Å². The van der Waals surface area contributed by atoms with Gasteiger partial charge < -0.3 is 14.4 Å². The highest BCUT2D eigenvalue weighted by Gasteiger charge is 2.17. The smallest absolute Gasteiger partial charge is 0.229 e. The Balaban J connectivity index is 1.36. The zero-order chi connectivity index (χ0) is 31.3. The van der Waals surface area contributed by atoms with Crippen LogP contribution in [0.4, 0.5) is 24.5 Å². The Kier molecular flexibility index (Phi) is 8.99. The molecule has 5 rings (SSSR count). The third-order valence-corrected chi connectivity index (χ3v) is 7.09. The molecule has 1 heterocycles. The number of aromatic nitrogens is 4. The average molecular weight is 625 g/mol. The fourth-order valence-corrected chi connectivity index (χ4v) is 5.04. The predicted molar refractivity (Wildman–Crippen MR) is 157 cm³/mol. The van der Waals surface area contributed by atoms with Crippen molar-refractivity contribution >= 4 is 21.4 Å². The number of nitrogens with one attached hydrogen (secondary N) is 2. The molecular weight excluding hydrogens is 597 g/mol. The van der Waals surface area contributed by atoms with Crippen LogP contribution in [0.15, 0.2) is 78.9 Å². The summed E-state index contributed by atoms with van der Waals surface area (Å²) in [5.74, 6) is -0.943. The molecule has 0 aliphatic carbocycles. The molecule has 0 unspecified atom stereocenters. The number of rotatable bonds is 12. The molecule has 0 atom stereocenters. The van der Waals surface area contributed by atoms with E-state index in [2.05, 4.69) is 25.3 Å². The van der Waals surface area contributed by atoms with Crippen LogP contribution in [-0.4, -0.2) is 35.3 Å². The molecule has 0 spiro atoms. The standard InChI is InChI=1S/C30H27F3N6O4S/c1-19-27(36-44(2,40)41)4-3-5-28(19)39(17-21-8-9-22(31)14-26(21)33)16-20-6-10-23(11-7-20)43-24-12-13-25(32)29(15-24)42-18-30-34-37-38-35-30/h3-15,36H,16-18H2,1-2H3,(H,34,35,37,38). The second-order valence-electron chi connectivity index (χ2n) is 9.87. The van der Waals surface area contributed by atoms with Gasteiger partial charge in [0.1, 0.15) is 23.1 Å². The molecule has 0 radical (unpaired) electrons. The summed E-state index contributed by atoms with van der Waals surface area (Å²) in [6.45, 7) is 2.05. The Morgan fingerprint density at radius 2 is 1.68 bits per heavy atom. The van der Waals surface area contributed by atoms with Gasteiger partial charge in [-0.3, -0.25) is 4.72 Å². The lowest BCUT2D eigenvalue weighted by Gasteiger charge is -2.28. The molecule has 0 saturated carbocycles. The second-order valence-corrected chi connectivity index (χ2v) is 11.6.